The van der Waals surface area contributed by atoms with Crippen LogP contribution in [0.5, 0.6) is 0 Å². The van der Waals surface area contributed by atoms with Crippen molar-refractivity contribution in [3.8, 4) is 0 Å². The minimum atomic E-state index is -0.745. The molecule has 4 rings (SSSR count). The highest BCUT2D eigenvalue weighted by molar-refractivity contribution is 6.31. The third-order valence-corrected chi connectivity index (χ3v) is 5.08. The van der Waals surface area contributed by atoms with E-state index in [0.29, 0.717) is 17.3 Å². The minimum absolute atomic E-state index is 0.116. The number of rotatable bonds is 3. The molecule has 3 heterocycles. The summed E-state index contributed by atoms with van der Waals surface area (Å²) in [5.41, 5.74) is -0.0298. The quantitative estimate of drug-likeness (QED) is 0.623. The molecule has 0 radical (unpaired) electrons. The van der Waals surface area contributed by atoms with Gasteiger partial charge in [-0.15, -0.1) is 0 Å². The zero-order valence-electron chi connectivity index (χ0n) is 13.4. The number of hydrogen-bond acceptors (Lipinski definition) is 4. The molecule has 24 heavy (non-hydrogen) atoms. The highest BCUT2D eigenvalue weighted by atomic mass is 35.5. The lowest BCUT2D eigenvalue weighted by atomic mass is 9.77. The Morgan fingerprint density at radius 1 is 1.46 bits per heavy atom. The third-order valence-electron chi connectivity index (χ3n) is 4.84. The summed E-state index contributed by atoms with van der Waals surface area (Å²) in [6.07, 6.45) is 3.19. The largest absolute Gasteiger partial charge is 0.463 e. The monoisotopic (exact) mass is 347 g/mol. The summed E-state index contributed by atoms with van der Waals surface area (Å²) in [4.78, 5) is 27.2. The Balaban J connectivity index is 1.68. The van der Waals surface area contributed by atoms with Crippen LogP contribution in [-0.4, -0.2) is 36.2 Å². The van der Waals surface area contributed by atoms with Crippen LogP contribution in [0, 0.1) is 11.8 Å². The Bertz CT molecular complexity index is 746. The smallest absolute Gasteiger partial charge is 0.313 e. The van der Waals surface area contributed by atoms with Crippen LogP contribution in [0.1, 0.15) is 13.8 Å². The van der Waals surface area contributed by atoms with E-state index in [1.165, 1.54) is 0 Å². The summed E-state index contributed by atoms with van der Waals surface area (Å²) in [6, 6.07) is 7.14. The summed E-state index contributed by atoms with van der Waals surface area (Å²) in [5.74, 6) is -1.62. The van der Waals surface area contributed by atoms with Gasteiger partial charge in [-0.1, -0.05) is 29.8 Å². The number of nitrogens with zero attached hydrogens (tertiary/aromatic N) is 1. The van der Waals surface area contributed by atoms with Gasteiger partial charge in [0, 0.05) is 10.7 Å². The predicted molar refractivity (Wildman–Crippen MR) is 88.8 cm³/mol. The first-order valence-corrected chi connectivity index (χ1v) is 8.44. The SMILES string of the molecule is CC(C)OC(=O)[C@H]1[C@H]2C(=O)N(c3cccc(Cl)c3)C[C@]23C=C[C@H]1O3. The Morgan fingerprint density at radius 3 is 2.96 bits per heavy atom. The highest BCUT2D eigenvalue weighted by Gasteiger charge is 2.67. The molecule has 0 aromatic heterocycles. The van der Waals surface area contributed by atoms with Gasteiger partial charge in [-0.3, -0.25) is 9.59 Å². The number of hydrogen-bond donors (Lipinski definition) is 0. The second-order valence-corrected chi connectivity index (χ2v) is 7.23. The van der Waals surface area contributed by atoms with Gasteiger partial charge < -0.3 is 14.4 Å². The van der Waals surface area contributed by atoms with Crippen molar-refractivity contribution >= 4 is 29.2 Å². The van der Waals surface area contributed by atoms with Gasteiger partial charge in [0.25, 0.3) is 0 Å². The Morgan fingerprint density at radius 2 is 2.25 bits per heavy atom. The lowest BCUT2D eigenvalue weighted by molar-refractivity contribution is -0.156. The number of benzene rings is 1. The minimum Gasteiger partial charge on any atom is -0.463 e. The molecule has 2 saturated heterocycles. The fourth-order valence-electron chi connectivity index (χ4n) is 3.94. The number of carbonyl (C=O) groups excluding carboxylic acids is 2. The molecule has 0 saturated carbocycles. The number of esters is 1. The molecule has 6 heteroatoms. The Hall–Kier alpha value is -1.85. The average Bonchev–Trinajstić information content (AvgIpc) is 3.15. The normalized spacial score (nSPS) is 33.4. The molecule has 1 aromatic rings. The van der Waals surface area contributed by atoms with Crippen molar-refractivity contribution in [3.05, 3.63) is 41.4 Å². The van der Waals surface area contributed by atoms with E-state index in [4.69, 9.17) is 21.1 Å². The van der Waals surface area contributed by atoms with Crippen LogP contribution in [0.25, 0.3) is 0 Å². The van der Waals surface area contributed by atoms with E-state index in [1.54, 1.807) is 36.9 Å². The van der Waals surface area contributed by atoms with Crippen molar-refractivity contribution in [3.63, 3.8) is 0 Å². The van der Waals surface area contributed by atoms with Crippen molar-refractivity contribution in [2.45, 2.75) is 31.7 Å². The Kier molecular flexibility index (Phi) is 3.48. The van der Waals surface area contributed by atoms with E-state index in [1.807, 2.05) is 18.2 Å². The highest BCUT2D eigenvalue weighted by Crippen LogP contribution is 2.53. The maximum absolute atomic E-state index is 13.0. The van der Waals surface area contributed by atoms with Crippen LogP contribution in [0.2, 0.25) is 5.02 Å². The predicted octanol–water partition coefficient (Wildman–Crippen LogP) is 2.58. The molecule has 0 N–H and O–H groups in total. The number of halogens is 1. The van der Waals surface area contributed by atoms with Crippen LogP contribution in [0.3, 0.4) is 0 Å². The Labute approximate surface area is 145 Å². The van der Waals surface area contributed by atoms with Crippen molar-refractivity contribution in [2.24, 2.45) is 11.8 Å². The van der Waals surface area contributed by atoms with E-state index >= 15 is 0 Å². The van der Waals surface area contributed by atoms with Crippen LogP contribution in [0.4, 0.5) is 5.69 Å². The van der Waals surface area contributed by atoms with Gasteiger partial charge in [-0.2, -0.15) is 0 Å². The van der Waals surface area contributed by atoms with Gasteiger partial charge in [0.2, 0.25) is 5.91 Å². The first kappa shape index (κ1) is 15.7. The first-order chi connectivity index (χ1) is 11.4. The summed E-state index contributed by atoms with van der Waals surface area (Å²) in [7, 11) is 0. The molecule has 3 aliphatic heterocycles. The zero-order valence-corrected chi connectivity index (χ0v) is 14.2. The van der Waals surface area contributed by atoms with Gasteiger partial charge in [0.1, 0.15) is 11.5 Å². The van der Waals surface area contributed by atoms with Crippen molar-refractivity contribution in [1.82, 2.24) is 0 Å². The van der Waals surface area contributed by atoms with Gasteiger partial charge in [-0.25, -0.2) is 0 Å². The molecule has 4 atom stereocenters. The summed E-state index contributed by atoms with van der Waals surface area (Å²) < 4.78 is 11.4. The molecule has 3 aliphatic rings. The van der Waals surface area contributed by atoms with Crippen LogP contribution >= 0.6 is 11.6 Å². The lowest BCUT2D eigenvalue weighted by Gasteiger charge is -2.23. The van der Waals surface area contributed by atoms with Gasteiger partial charge >= 0.3 is 5.97 Å². The molecule has 2 fully saturated rings. The molecule has 1 amide bonds. The molecule has 2 bridgehead atoms. The van der Waals surface area contributed by atoms with Gasteiger partial charge in [0.15, 0.2) is 0 Å². The van der Waals surface area contributed by atoms with E-state index in [-0.39, 0.29) is 24.1 Å². The second kappa shape index (κ2) is 5.33. The molecule has 0 unspecified atom stereocenters. The molecule has 126 valence electrons. The number of carbonyl (C=O) groups is 2. The van der Waals surface area contributed by atoms with Crippen LogP contribution in [0.15, 0.2) is 36.4 Å². The van der Waals surface area contributed by atoms with E-state index < -0.39 is 17.4 Å². The molecular formula is C18H18ClNO4. The average molecular weight is 348 g/mol. The van der Waals surface area contributed by atoms with Crippen molar-refractivity contribution in [1.29, 1.82) is 0 Å². The number of amides is 1. The lowest BCUT2D eigenvalue weighted by Crippen LogP contribution is -2.40. The van der Waals surface area contributed by atoms with E-state index in [2.05, 4.69) is 0 Å². The third kappa shape index (κ3) is 2.19. The standard InChI is InChI=1S/C18H18ClNO4/c1-10(2)23-17(22)14-13-6-7-18(24-13)9-20(16(21)15(14)18)12-5-3-4-11(19)8-12/h3-8,10,13-15H,9H2,1-2H3/t13-,14-,15+,18-/m1/s1. The molecule has 5 nitrogen and oxygen atoms in total. The number of ether oxygens (including phenoxy) is 2. The number of fused-ring (bicyclic) bond motifs is 1. The molecular weight excluding hydrogens is 330 g/mol. The maximum atomic E-state index is 13.0. The molecule has 1 aromatic carbocycles. The second-order valence-electron chi connectivity index (χ2n) is 6.79. The van der Waals surface area contributed by atoms with E-state index in [0.717, 1.165) is 0 Å². The van der Waals surface area contributed by atoms with Crippen LogP contribution in [-0.2, 0) is 19.1 Å². The summed E-state index contributed by atoms with van der Waals surface area (Å²) in [5, 5.41) is 0.561. The van der Waals surface area contributed by atoms with Crippen LogP contribution < -0.4 is 4.90 Å². The van der Waals surface area contributed by atoms with Crippen molar-refractivity contribution in [2.75, 3.05) is 11.4 Å². The fourth-order valence-corrected chi connectivity index (χ4v) is 4.13. The first-order valence-electron chi connectivity index (χ1n) is 8.06. The molecule has 1 spiro atoms. The maximum Gasteiger partial charge on any atom is 0.313 e. The van der Waals surface area contributed by atoms with Gasteiger partial charge in [0.05, 0.1) is 24.7 Å². The molecule has 0 aliphatic carbocycles. The summed E-state index contributed by atoms with van der Waals surface area (Å²) in [6.45, 7) is 3.98. The number of anilines is 1. The topological polar surface area (TPSA) is 55.8 Å². The van der Waals surface area contributed by atoms with Gasteiger partial charge in [-0.05, 0) is 32.0 Å². The summed E-state index contributed by atoms with van der Waals surface area (Å²) >= 11 is 6.05. The van der Waals surface area contributed by atoms with Crippen molar-refractivity contribution < 1.29 is 19.1 Å². The van der Waals surface area contributed by atoms with E-state index in [9.17, 15) is 9.59 Å². The zero-order chi connectivity index (χ0) is 17.1. The fraction of sp³-hybridized carbons (Fsp3) is 0.444.